The van der Waals surface area contributed by atoms with E-state index < -0.39 is 21.9 Å². The fraction of sp³-hybridized carbons (Fsp3) is 0.0800. The second-order valence-corrected chi connectivity index (χ2v) is 9.32. The van der Waals surface area contributed by atoms with Gasteiger partial charge in [-0.05, 0) is 35.9 Å². The summed E-state index contributed by atoms with van der Waals surface area (Å²) in [5, 5.41) is 8.32. The molecular formula is C25H24N4O5S. The number of rotatable bonds is 7. The summed E-state index contributed by atoms with van der Waals surface area (Å²) in [7, 11) is -2.09. The van der Waals surface area contributed by atoms with E-state index in [1.54, 1.807) is 60.1 Å². The van der Waals surface area contributed by atoms with E-state index in [1.807, 2.05) is 30.3 Å². The van der Waals surface area contributed by atoms with Gasteiger partial charge in [-0.25, -0.2) is 18.2 Å². The first kappa shape index (κ1) is 25.2. The molecule has 1 amide bonds. The third-order valence-corrected chi connectivity index (χ3v) is 6.63. The zero-order valence-electron chi connectivity index (χ0n) is 18.9. The minimum atomic E-state index is -3.81. The largest absolute Gasteiger partial charge is 0.476 e. The lowest BCUT2D eigenvalue weighted by Gasteiger charge is -2.25. The number of aromatic carboxylic acids is 1. The van der Waals surface area contributed by atoms with Gasteiger partial charge in [0.05, 0.1) is 23.5 Å². The number of hydrogen-bond donors (Lipinski definition) is 2. The van der Waals surface area contributed by atoms with Crippen molar-refractivity contribution in [1.29, 1.82) is 0 Å². The summed E-state index contributed by atoms with van der Waals surface area (Å²) in [6.45, 7) is 0.139. The molecule has 1 aromatic heterocycles. The lowest BCUT2D eigenvalue weighted by atomic mass is 10.2. The van der Waals surface area contributed by atoms with Crippen molar-refractivity contribution < 1.29 is 23.1 Å². The first-order valence-electron chi connectivity index (χ1n) is 10.4. The summed E-state index contributed by atoms with van der Waals surface area (Å²) in [6.07, 6.45) is 2.89. The molecule has 1 heterocycles. The third kappa shape index (κ3) is 6.55. The van der Waals surface area contributed by atoms with Crippen LogP contribution in [0.4, 0.5) is 5.69 Å². The second kappa shape index (κ2) is 11.1. The summed E-state index contributed by atoms with van der Waals surface area (Å²) < 4.78 is 29.3. The highest BCUT2D eigenvalue weighted by Crippen LogP contribution is 2.26. The predicted molar refractivity (Wildman–Crippen MR) is 131 cm³/mol. The number of anilines is 1. The average molecular weight is 493 g/mol. The monoisotopic (exact) mass is 492 g/mol. The van der Waals surface area contributed by atoms with Crippen molar-refractivity contribution in [3.8, 4) is 0 Å². The van der Waals surface area contributed by atoms with Crippen molar-refractivity contribution >= 4 is 27.6 Å². The minimum absolute atomic E-state index is 0.0810. The van der Waals surface area contributed by atoms with E-state index in [4.69, 9.17) is 10.8 Å². The van der Waals surface area contributed by atoms with Crippen LogP contribution in [0.25, 0.3) is 0 Å². The van der Waals surface area contributed by atoms with Crippen LogP contribution in [0.15, 0.2) is 102 Å². The molecule has 0 bridgehead atoms. The first-order valence-corrected chi connectivity index (χ1v) is 11.9. The van der Waals surface area contributed by atoms with E-state index in [1.165, 1.54) is 22.9 Å². The van der Waals surface area contributed by atoms with Crippen LogP contribution in [0.5, 0.6) is 0 Å². The highest BCUT2D eigenvalue weighted by molar-refractivity contribution is 7.92. The first-order chi connectivity index (χ1) is 16.7. The third-order valence-electron chi connectivity index (χ3n) is 4.84. The number of carbonyl (C=O) groups is 2. The Morgan fingerprint density at radius 2 is 1.60 bits per heavy atom. The molecule has 0 saturated heterocycles. The maximum atomic E-state index is 13.2. The molecule has 4 aromatic rings. The van der Waals surface area contributed by atoms with Crippen molar-refractivity contribution in [2.75, 3.05) is 4.31 Å². The molecule has 35 heavy (non-hydrogen) atoms. The summed E-state index contributed by atoms with van der Waals surface area (Å²) in [5.74, 6) is -1.60. The number of carbonyl (C=O) groups excluding carboxylic acids is 1. The summed E-state index contributed by atoms with van der Waals surface area (Å²) >= 11 is 0. The maximum absolute atomic E-state index is 13.2. The van der Waals surface area contributed by atoms with Crippen molar-refractivity contribution in [3.05, 3.63) is 114 Å². The fourth-order valence-electron chi connectivity index (χ4n) is 3.12. The summed E-state index contributed by atoms with van der Waals surface area (Å²) in [4.78, 5) is 25.4. The Kier molecular flexibility index (Phi) is 8.00. The van der Waals surface area contributed by atoms with Crippen LogP contribution in [0.3, 0.4) is 0 Å². The van der Waals surface area contributed by atoms with Gasteiger partial charge >= 0.3 is 5.97 Å². The standard InChI is InChI=1S/C20H18N2O3S.C5H6N2O2/c21-20(23)17-10-7-11-18(14-17)22(15-16-8-3-1-4-9-16)26(24,25)19-12-5-2-6-13-19;1-7-2-4(5(8)9)6-3-7/h1-14H,15H2,(H2,21,23);2-3H,1H3,(H,8,9). The number of nitrogens with zero attached hydrogens (tertiary/aromatic N) is 3. The minimum Gasteiger partial charge on any atom is -0.476 e. The van der Waals surface area contributed by atoms with Gasteiger partial charge in [-0.2, -0.15) is 0 Å². The molecule has 10 heteroatoms. The van der Waals surface area contributed by atoms with Gasteiger partial charge in [-0.1, -0.05) is 54.6 Å². The number of carboxylic acids is 1. The SMILES string of the molecule is Cn1cnc(C(=O)O)c1.NC(=O)c1cccc(N(Cc2ccccc2)S(=O)(=O)c2ccccc2)c1. The Balaban J connectivity index is 0.000000320. The molecule has 4 rings (SSSR count). The molecule has 180 valence electrons. The molecule has 0 unspecified atom stereocenters. The van der Waals surface area contributed by atoms with Crippen LogP contribution in [-0.2, 0) is 23.6 Å². The van der Waals surface area contributed by atoms with E-state index in [9.17, 15) is 18.0 Å². The van der Waals surface area contributed by atoms with Crippen molar-refractivity contribution in [3.63, 3.8) is 0 Å². The lowest BCUT2D eigenvalue weighted by molar-refractivity contribution is 0.0690. The van der Waals surface area contributed by atoms with E-state index in [-0.39, 0.29) is 22.7 Å². The van der Waals surface area contributed by atoms with Gasteiger partial charge in [-0.15, -0.1) is 0 Å². The Bertz CT molecular complexity index is 1400. The van der Waals surface area contributed by atoms with Crippen LogP contribution in [0.1, 0.15) is 26.4 Å². The van der Waals surface area contributed by atoms with Gasteiger partial charge in [0.25, 0.3) is 10.0 Å². The average Bonchev–Trinajstić information content (AvgIpc) is 3.31. The van der Waals surface area contributed by atoms with Crippen LogP contribution >= 0.6 is 0 Å². The molecular weight excluding hydrogens is 468 g/mol. The molecule has 0 fully saturated rings. The normalized spacial score (nSPS) is 10.7. The van der Waals surface area contributed by atoms with Gasteiger partial charge < -0.3 is 15.4 Å². The number of aryl methyl sites for hydroxylation is 1. The van der Waals surface area contributed by atoms with E-state index in [0.29, 0.717) is 5.69 Å². The molecule has 9 nitrogen and oxygen atoms in total. The second-order valence-electron chi connectivity index (χ2n) is 7.45. The highest BCUT2D eigenvalue weighted by atomic mass is 32.2. The van der Waals surface area contributed by atoms with Gasteiger partial charge in [0, 0.05) is 18.8 Å². The Morgan fingerprint density at radius 3 is 2.11 bits per heavy atom. The zero-order valence-corrected chi connectivity index (χ0v) is 19.7. The molecule has 0 aliphatic rings. The van der Waals surface area contributed by atoms with Gasteiger partial charge in [0.1, 0.15) is 0 Å². The van der Waals surface area contributed by atoms with Crippen LogP contribution in [0, 0.1) is 0 Å². The lowest BCUT2D eigenvalue weighted by Crippen LogP contribution is -2.30. The Hall–Kier alpha value is -4.44. The number of hydrogen-bond acceptors (Lipinski definition) is 5. The number of benzene rings is 3. The molecule has 0 aliphatic carbocycles. The molecule has 0 atom stereocenters. The summed E-state index contributed by atoms with van der Waals surface area (Å²) in [5.41, 5.74) is 6.90. The number of carboxylic acid groups (broad SMARTS) is 1. The molecule has 0 saturated carbocycles. The molecule has 0 aliphatic heterocycles. The van der Waals surface area contributed by atoms with Gasteiger partial charge in [-0.3, -0.25) is 9.10 Å². The van der Waals surface area contributed by atoms with Gasteiger partial charge in [0.15, 0.2) is 5.69 Å². The number of nitrogens with two attached hydrogens (primary N) is 1. The number of amides is 1. The van der Waals surface area contributed by atoms with Crippen LogP contribution in [0.2, 0.25) is 0 Å². The van der Waals surface area contributed by atoms with Crippen molar-refractivity contribution in [1.82, 2.24) is 9.55 Å². The Labute approximate surface area is 203 Å². The number of aromatic nitrogens is 2. The smallest absolute Gasteiger partial charge is 0.356 e. The quantitative estimate of drug-likeness (QED) is 0.406. The van der Waals surface area contributed by atoms with Gasteiger partial charge in [0.2, 0.25) is 5.91 Å². The molecule has 0 spiro atoms. The topological polar surface area (TPSA) is 136 Å². The summed E-state index contributed by atoms with van der Waals surface area (Å²) in [6, 6.07) is 23.8. The Morgan fingerprint density at radius 1 is 0.971 bits per heavy atom. The number of primary amides is 1. The van der Waals surface area contributed by atoms with E-state index >= 15 is 0 Å². The number of sulfonamides is 1. The zero-order chi connectivity index (χ0) is 25.4. The fourth-order valence-corrected chi connectivity index (χ4v) is 4.59. The van der Waals surface area contributed by atoms with Crippen LogP contribution in [-0.4, -0.2) is 35.0 Å². The maximum Gasteiger partial charge on any atom is 0.356 e. The van der Waals surface area contributed by atoms with E-state index in [0.717, 1.165) is 5.56 Å². The van der Waals surface area contributed by atoms with Crippen molar-refractivity contribution in [2.24, 2.45) is 12.8 Å². The predicted octanol–water partition coefficient (Wildman–Crippen LogP) is 3.30. The van der Waals surface area contributed by atoms with Crippen molar-refractivity contribution in [2.45, 2.75) is 11.4 Å². The highest BCUT2D eigenvalue weighted by Gasteiger charge is 2.25. The molecule has 0 radical (unpaired) electrons. The molecule has 3 N–H and O–H groups in total. The van der Waals surface area contributed by atoms with Crippen LogP contribution < -0.4 is 10.0 Å². The number of imidazole rings is 1. The van der Waals surface area contributed by atoms with E-state index in [2.05, 4.69) is 4.98 Å². The molecule has 3 aromatic carbocycles.